The Kier molecular flexibility index (Phi) is 10.8. The Labute approximate surface area is 121 Å². The van der Waals surface area contributed by atoms with Crippen LogP contribution in [0.25, 0.3) is 0 Å². The summed E-state index contributed by atoms with van der Waals surface area (Å²) in [5.41, 5.74) is 0.976. The van der Waals surface area contributed by atoms with Crippen molar-refractivity contribution in [3.05, 3.63) is 42.8 Å². The molecule has 3 N–H and O–H groups in total. The molecular weight excluding hydrogens is 258 g/mol. The van der Waals surface area contributed by atoms with Gasteiger partial charge in [0.2, 0.25) is 0 Å². The number of carbonyl (C=O) groups is 1. The second-order valence-electron chi connectivity index (χ2n) is 2.66. The van der Waals surface area contributed by atoms with E-state index in [0.29, 0.717) is 6.61 Å². The van der Waals surface area contributed by atoms with E-state index >= 15 is 0 Å². The molecule has 0 radical (unpaired) electrons. The standard InChI is InChI=1S/C9H9O2.Na.H3O4P/c1-8(10)11-7-9-5-3-2-4-6-9;;1-5(2,3)4/h2-6H,1,7H2;;(H3,1,2,3,4)/q-1;+1;. The molecular formula is C9H12NaO6P. The van der Waals surface area contributed by atoms with Crippen LogP contribution in [0.1, 0.15) is 5.56 Å². The van der Waals surface area contributed by atoms with E-state index in [4.69, 9.17) is 19.2 Å². The third-order valence-electron chi connectivity index (χ3n) is 1.24. The summed E-state index contributed by atoms with van der Waals surface area (Å²) in [5, 5.41) is 0. The summed E-state index contributed by atoms with van der Waals surface area (Å²) < 4.78 is 13.6. The fourth-order valence-corrected chi connectivity index (χ4v) is 0.738. The fraction of sp³-hybridized carbons (Fsp3) is 0.111. The van der Waals surface area contributed by atoms with Gasteiger partial charge in [0.05, 0.1) is 0 Å². The van der Waals surface area contributed by atoms with Crippen LogP contribution in [0.5, 0.6) is 0 Å². The minimum atomic E-state index is -4.64. The van der Waals surface area contributed by atoms with Gasteiger partial charge in [-0.15, -0.1) is 0 Å². The zero-order valence-corrected chi connectivity index (χ0v) is 12.2. The number of hydrogen-bond acceptors (Lipinski definition) is 3. The van der Waals surface area contributed by atoms with Crippen LogP contribution >= 0.6 is 7.82 Å². The number of esters is 1. The smallest absolute Gasteiger partial charge is 0.484 e. The fourth-order valence-electron chi connectivity index (χ4n) is 0.738. The molecule has 0 aliphatic heterocycles. The molecule has 6 nitrogen and oxygen atoms in total. The first-order valence-electron chi connectivity index (χ1n) is 4.10. The number of rotatable bonds is 2. The van der Waals surface area contributed by atoms with Gasteiger partial charge < -0.3 is 19.4 Å². The number of ether oxygens (including phenoxy) is 1. The molecule has 90 valence electrons. The van der Waals surface area contributed by atoms with Gasteiger partial charge in [-0.05, 0) is 5.56 Å². The summed E-state index contributed by atoms with van der Waals surface area (Å²) in [6.45, 7) is 3.40. The molecule has 0 fully saturated rings. The van der Waals surface area contributed by atoms with Gasteiger partial charge in [-0.3, -0.25) is 11.7 Å². The molecule has 1 rings (SSSR count). The Morgan fingerprint density at radius 1 is 1.24 bits per heavy atom. The Hall–Kier alpha value is -0.330. The average Bonchev–Trinajstić information content (AvgIpc) is 2.14. The minimum Gasteiger partial charge on any atom is -0.484 e. The second kappa shape index (κ2) is 9.67. The van der Waals surface area contributed by atoms with Crippen molar-refractivity contribution in [3.63, 3.8) is 0 Å². The zero-order chi connectivity index (χ0) is 12.6. The van der Waals surface area contributed by atoms with E-state index in [-0.39, 0.29) is 29.6 Å². The molecule has 8 heteroatoms. The van der Waals surface area contributed by atoms with Crippen molar-refractivity contribution in [3.8, 4) is 0 Å². The summed E-state index contributed by atoms with van der Waals surface area (Å²) in [5.74, 6) is -0.492. The molecule has 0 bridgehead atoms. The Morgan fingerprint density at radius 3 is 2.00 bits per heavy atom. The zero-order valence-electron chi connectivity index (χ0n) is 9.31. The molecule has 0 spiro atoms. The van der Waals surface area contributed by atoms with Gasteiger partial charge in [-0.1, -0.05) is 30.3 Å². The van der Waals surface area contributed by atoms with Crippen LogP contribution in [0.3, 0.4) is 0 Å². The van der Waals surface area contributed by atoms with E-state index in [1.807, 2.05) is 30.3 Å². The van der Waals surface area contributed by atoms with Crippen LogP contribution in [0, 0.1) is 6.92 Å². The SMILES string of the molecule is O=P(O)(O)O.[CH2-]C(=O)OCc1ccccc1.[Na+]. The quantitative estimate of drug-likeness (QED) is 0.240. The molecule has 1 aromatic rings. The van der Waals surface area contributed by atoms with Crippen molar-refractivity contribution in [2.45, 2.75) is 6.61 Å². The van der Waals surface area contributed by atoms with Crippen molar-refractivity contribution in [1.82, 2.24) is 0 Å². The summed E-state index contributed by atoms with van der Waals surface area (Å²) in [4.78, 5) is 31.8. The number of carbonyl (C=O) groups excluding carboxylic acids is 1. The van der Waals surface area contributed by atoms with Crippen LogP contribution < -0.4 is 29.6 Å². The maximum absolute atomic E-state index is 10.3. The number of hydrogen-bond donors (Lipinski definition) is 3. The molecule has 1 aromatic carbocycles. The molecule has 0 aromatic heterocycles. The maximum Gasteiger partial charge on any atom is 1.00 e. The molecule has 0 aliphatic rings. The van der Waals surface area contributed by atoms with E-state index in [1.165, 1.54) is 0 Å². The van der Waals surface area contributed by atoms with E-state index in [1.54, 1.807) is 0 Å². The van der Waals surface area contributed by atoms with Gasteiger partial charge in [0.25, 0.3) is 0 Å². The van der Waals surface area contributed by atoms with Gasteiger partial charge in [0, 0.05) is 0 Å². The normalized spacial score (nSPS) is 9.35. The number of phosphoric acid groups is 1. The van der Waals surface area contributed by atoms with Crippen LogP contribution in [0.15, 0.2) is 30.3 Å². The first-order chi connectivity index (χ1) is 7.29. The van der Waals surface area contributed by atoms with Crippen molar-refractivity contribution in [2.75, 3.05) is 0 Å². The third kappa shape index (κ3) is 18.2. The topological polar surface area (TPSA) is 104 Å². The monoisotopic (exact) mass is 270 g/mol. The van der Waals surface area contributed by atoms with Gasteiger partial charge in [0.1, 0.15) is 6.61 Å². The Bertz CT molecular complexity index is 355. The molecule has 0 amide bonds. The van der Waals surface area contributed by atoms with Gasteiger partial charge in [-0.25, -0.2) is 4.57 Å². The largest absolute Gasteiger partial charge is 1.00 e. The molecule has 0 heterocycles. The summed E-state index contributed by atoms with van der Waals surface area (Å²) in [6, 6.07) is 9.49. The molecule has 0 saturated heterocycles. The molecule has 17 heavy (non-hydrogen) atoms. The third-order valence-corrected chi connectivity index (χ3v) is 1.24. The van der Waals surface area contributed by atoms with Crippen LogP contribution in [0.2, 0.25) is 0 Å². The maximum atomic E-state index is 10.3. The van der Waals surface area contributed by atoms with Crippen LogP contribution in [-0.4, -0.2) is 20.6 Å². The second-order valence-corrected chi connectivity index (χ2v) is 3.69. The minimum absolute atomic E-state index is 0. The number of benzene rings is 1. The van der Waals surface area contributed by atoms with E-state index in [0.717, 1.165) is 5.56 Å². The van der Waals surface area contributed by atoms with Gasteiger partial charge in [-0.2, -0.15) is 0 Å². The first kappa shape index (κ1) is 19.0. The Balaban J connectivity index is 0. The van der Waals surface area contributed by atoms with E-state index in [9.17, 15) is 4.79 Å². The first-order valence-corrected chi connectivity index (χ1v) is 5.66. The van der Waals surface area contributed by atoms with Gasteiger partial charge >= 0.3 is 37.4 Å². The molecule has 0 atom stereocenters. The summed E-state index contributed by atoms with van der Waals surface area (Å²) in [7, 11) is -4.64. The predicted octanol–water partition coefficient (Wildman–Crippen LogP) is -2.36. The van der Waals surface area contributed by atoms with Crippen LogP contribution in [-0.2, 0) is 20.7 Å². The van der Waals surface area contributed by atoms with Crippen molar-refractivity contribution < 1.29 is 58.3 Å². The van der Waals surface area contributed by atoms with Crippen molar-refractivity contribution in [2.24, 2.45) is 0 Å². The van der Waals surface area contributed by atoms with Gasteiger partial charge in [0.15, 0.2) is 5.97 Å². The predicted molar refractivity (Wildman–Crippen MR) is 55.9 cm³/mol. The summed E-state index contributed by atoms with van der Waals surface area (Å²) in [6.07, 6.45) is 0. The summed E-state index contributed by atoms with van der Waals surface area (Å²) >= 11 is 0. The average molecular weight is 270 g/mol. The van der Waals surface area contributed by atoms with Crippen LogP contribution in [0.4, 0.5) is 0 Å². The van der Waals surface area contributed by atoms with E-state index in [2.05, 4.69) is 11.7 Å². The molecule has 0 aliphatic carbocycles. The van der Waals surface area contributed by atoms with Crippen molar-refractivity contribution >= 4 is 13.8 Å². The van der Waals surface area contributed by atoms with E-state index < -0.39 is 13.8 Å². The molecule has 0 unspecified atom stereocenters. The Morgan fingerprint density at radius 2 is 1.65 bits per heavy atom. The molecule has 0 saturated carbocycles. The van der Waals surface area contributed by atoms with Crippen molar-refractivity contribution in [1.29, 1.82) is 0 Å².